The summed E-state index contributed by atoms with van der Waals surface area (Å²) < 4.78 is 8.81. The van der Waals surface area contributed by atoms with Crippen molar-refractivity contribution in [1.29, 1.82) is 0 Å². The molecule has 5 heteroatoms. The second kappa shape index (κ2) is 9.25. The molecule has 4 heterocycles. The number of benzene rings is 7. The van der Waals surface area contributed by atoms with Crippen molar-refractivity contribution in [1.82, 2.24) is 9.97 Å². The second-order valence-electron chi connectivity index (χ2n) is 12.1. The van der Waals surface area contributed by atoms with Crippen LogP contribution in [0.2, 0.25) is 0 Å². The minimum Gasteiger partial charge on any atom is -0.455 e. The quantitative estimate of drug-likeness (QED) is 0.194. The Labute approximate surface area is 272 Å². The topological polar surface area (TPSA) is 42.2 Å². The van der Waals surface area contributed by atoms with Crippen LogP contribution in [0.3, 0.4) is 0 Å². The molecule has 218 valence electrons. The van der Waals surface area contributed by atoms with Crippen molar-refractivity contribution >= 4 is 92.4 Å². The first-order valence-corrected chi connectivity index (χ1v) is 16.6. The zero-order valence-electron chi connectivity index (χ0n) is 24.9. The summed E-state index contributed by atoms with van der Waals surface area (Å²) in [5.41, 5.74) is 9.09. The molecule has 0 amide bonds. The van der Waals surface area contributed by atoms with Crippen molar-refractivity contribution < 1.29 is 4.42 Å². The largest absolute Gasteiger partial charge is 0.455 e. The Bertz CT molecular complexity index is 2930. The Morgan fingerprint density at radius 1 is 0.532 bits per heavy atom. The molecule has 3 aromatic heterocycles. The molecule has 0 bridgehead atoms. The normalized spacial score (nSPS) is 12.6. The van der Waals surface area contributed by atoms with Crippen LogP contribution in [0, 0.1) is 0 Å². The smallest absolute Gasteiger partial charge is 0.235 e. The maximum atomic E-state index is 6.57. The van der Waals surface area contributed by atoms with E-state index >= 15 is 0 Å². The van der Waals surface area contributed by atoms with E-state index in [1.165, 1.54) is 37.4 Å². The van der Waals surface area contributed by atoms with Gasteiger partial charge in [0.15, 0.2) is 0 Å². The number of hydrogen-bond acceptors (Lipinski definition) is 5. The fourth-order valence-electron chi connectivity index (χ4n) is 7.59. The van der Waals surface area contributed by atoms with Gasteiger partial charge in [0.05, 0.1) is 27.3 Å². The van der Waals surface area contributed by atoms with E-state index in [1.54, 1.807) is 11.3 Å². The molecule has 0 aliphatic carbocycles. The Morgan fingerprint density at radius 3 is 2.19 bits per heavy atom. The zero-order valence-corrected chi connectivity index (χ0v) is 25.8. The minimum atomic E-state index is 0.641. The second-order valence-corrected chi connectivity index (χ2v) is 13.2. The average Bonchev–Trinajstić information content (AvgIpc) is 3.70. The van der Waals surface area contributed by atoms with Gasteiger partial charge in [-0.2, -0.15) is 0 Å². The van der Waals surface area contributed by atoms with E-state index in [0.717, 1.165) is 60.2 Å². The van der Waals surface area contributed by atoms with Crippen molar-refractivity contribution in [3.05, 3.63) is 140 Å². The number of rotatable bonds is 2. The lowest BCUT2D eigenvalue weighted by Gasteiger charge is -2.32. The third kappa shape index (κ3) is 3.41. The summed E-state index contributed by atoms with van der Waals surface area (Å²) >= 11 is 1.74. The molecule has 10 aromatic rings. The third-order valence-corrected chi connectivity index (χ3v) is 10.8. The number of para-hydroxylation sites is 2. The molecule has 47 heavy (non-hydrogen) atoms. The molecule has 0 N–H and O–H groups in total. The Balaban J connectivity index is 1.29. The Hall–Kier alpha value is -6.04. The maximum absolute atomic E-state index is 6.57. The summed E-state index contributed by atoms with van der Waals surface area (Å²) in [5, 5.41) is 8.14. The van der Waals surface area contributed by atoms with Gasteiger partial charge in [0.1, 0.15) is 11.2 Å². The molecule has 0 radical (unpaired) electrons. The van der Waals surface area contributed by atoms with Gasteiger partial charge in [-0.05, 0) is 52.1 Å². The van der Waals surface area contributed by atoms with E-state index in [0.29, 0.717) is 5.95 Å². The van der Waals surface area contributed by atoms with E-state index in [-0.39, 0.29) is 0 Å². The van der Waals surface area contributed by atoms with Crippen molar-refractivity contribution in [3.8, 4) is 22.4 Å². The van der Waals surface area contributed by atoms with Crippen molar-refractivity contribution in [2.45, 2.75) is 0 Å². The number of anilines is 3. The highest BCUT2D eigenvalue weighted by Gasteiger charge is 2.30. The van der Waals surface area contributed by atoms with E-state index < -0.39 is 0 Å². The van der Waals surface area contributed by atoms with Crippen LogP contribution < -0.4 is 4.90 Å². The van der Waals surface area contributed by atoms with Gasteiger partial charge < -0.3 is 4.42 Å². The monoisotopic (exact) mass is 617 g/mol. The van der Waals surface area contributed by atoms with Crippen LogP contribution in [0.25, 0.3) is 86.2 Å². The first kappa shape index (κ1) is 25.2. The highest BCUT2D eigenvalue weighted by atomic mass is 32.1. The van der Waals surface area contributed by atoms with Gasteiger partial charge in [0.2, 0.25) is 5.95 Å². The van der Waals surface area contributed by atoms with Gasteiger partial charge in [-0.3, -0.25) is 4.90 Å². The Kier molecular flexibility index (Phi) is 4.96. The highest BCUT2D eigenvalue weighted by molar-refractivity contribution is 7.26. The van der Waals surface area contributed by atoms with Crippen LogP contribution in [0.15, 0.2) is 144 Å². The summed E-state index contributed by atoms with van der Waals surface area (Å²) in [6.07, 6.45) is 0. The standard InChI is InChI=1S/C42H23N3OS/c1-2-13-26-24(10-1)22-23-33-37(26)30-17-7-11-25-12-8-19-32(36(25)30)45(33)42-43-38-29-15-4-6-21-35(29)47-41(38)39(44-42)31-18-9-16-28-27-14-3-5-20-34(27)46-40(28)31/h1-23H. The van der Waals surface area contributed by atoms with Gasteiger partial charge in [-0.1, -0.05) is 109 Å². The van der Waals surface area contributed by atoms with Crippen molar-refractivity contribution in [2.75, 3.05) is 4.90 Å². The molecular formula is C42H23N3OS. The highest BCUT2D eigenvalue weighted by Crippen LogP contribution is 2.53. The van der Waals surface area contributed by atoms with Crippen LogP contribution >= 0.6 is 11.3 Å². The molecular weight excluding hydrogens is 595 g/mol. The lowest BCUT2D eigenvalue weighted by molar-refractivity contribution is 0.670. The molecule has 0 unspecified atom stereocenters. The lowest BCUT2D eigenvalue weighted by Crippen LogP contribution is -2.18. The van der Waals surface area contributed by atoms with Crippen LogP contribution in [-0.2, 0) is 0 Å². The number of fused-ring (bicyclic) bond motifs is 10. The predicted molar refractivity (Wildman–Crippen MR) is 196 cm³/mol. The number of nitrogens with zero attached hydrogens (tertiary/aromatic N) is 3. The first-order valence-electron chi connectivity index (χ1n) is 15.8. The molecule has 1 aliphatic rings. The van der Waals surface area contributed by atoms with Crippen LogP contribution in [-0.4, -0.2) is 9.97 Å². The first-order chi connectivity index (χ1) is 23.3. The molecule has 11 rings (SSSR count). The van der Waals surface area contributed by atoms with Crippen molar-refractivity contribution in [3.63, 3.8) is 0 Å². The molecule has 0 atom stereocenters. The van der Waals surface area contributed by atoms with Gasteiger partial charge in [-0.15, -0.1) is 11.3 Å². The van der Waals surface area contributed by atoms with E-state index in [2.05, 4.69) is 132 Å². The van der Waals surface area contributed by atoms with Crippen LogP contribution in [0.5, 0.6) is 0 Å². The summed E-state index contributed by atoms with van der Waals surface area (Å²) in [5.74, 6) is 0.641. The molecule has 1 aliphatic heterocycles. The fourth-order valence-corrected chi connectivity index (χ4v) is 8.73. The molecule has 7 aromatic carbocycles. The SMILES string of the molecule is c1ccc2c3c(ccc2c1)N(c1nc(-c2cccc4c2oc2ccccc24)c2sc4ccccc4c2n1)c1cccc2cccc-3c12. The summed E-state index contributed by atoms with van der Waals surface area (Å²) in [4.78, 5) is 13.2. The Morgan fingerprint density at radius 2 is 1.26 bits per heavy atom. The van der Waals surface area contributed by atoms with E-state index in [4.69, 9.17) is 14.4 Å². The van der Waals surface area contributed by atoms with Crippen LogP contribution in [0.1, 0.15) is 0 Å². The maximum Gasteiger partial charge on any atom is 0.235 e. The van der Waals surface area contributed by atoms with E-state index in [9.17, 15) is 0 Å². The van der Waals surface area contributed by atoms with Gasteiger partial charge in [0, 0.05) is 37.4 Å². The number of furan rings is 1. The third-order valence-electron chi connectivity index (χ3n) is 9.61. The van der Waals surface area contributed by atoms with Gasteiger partial charge in [0.25, 0.3) is 0 Å². The average molecular weight is 618 g/mol. The lowest BCUT2D eigenvalue weighted by atomic mass is 9.88. The number of aromatic nitrogens is 2. The summed E-state index contributed by atoms with van der Waals surface area (Å²) in [6, 6.07) is 49.4. The number of hydrogen-bond donors (Lipinski definition) is 0. The molecule has 0 saturated carbocycles. The minimum absolute atomic E-state index is 0.641. The molecule has 4 nitrogen and oxygen atoms in total. The van der Waals surface area contributed by atoms with Crippen LogP contribution in [0.4, 0.5) is 17.3 Å². The van der Waals surface area contributed by atoms with E-state index in [1.807, 2.05) is 12.1 Å². The van der Waals surface area contributed by atoms with Gasteiger partial charge >= 0.3 is 0 Å². The fraction of sp³-hybridized carbons (Fsp3) is 0. The molecule has 0 spiro atoms. The summed E-state index contributed by atoms with van der Waals surface area (Å²) in [6.45, 7) is 0. The van der Waals surface area contributed by atoms with Crippen molar-refractivity contribution in [2.24, 2.45) is 0 Å². The van der Waals surface area contributed by atoms with Gasteiger partial charge in [-0.25, -0.2) is 9.97 Å². The zero-order chi connectivity index (χ0) is 30.6. The summed E-state index contributed by atoms with van der Waals surface area (Å²) in [7, 11) is 0. The molecule has 0 saturated heterocycles. The number of thiophene rings is 1. The molecule has 0 fully saturated rings. The predicted octanol–water partition coefficient (Wildman–Crippen LogP) is 12.2.